The summed E-state index contributed by atoms with van der Waals surface area (Å²) < 4.78 is 13.2. The minimum atomic E-state index is -1.36. The number of anilines is 1. The van der Waals surface area contributed by atoms with Crippen LogP contribution in [-0.4, -0.2) is 14.4 Å². The minimum absolute atomic E-state index is 0.481. The summed E-state index contributed by atoms with van der Waals surface area (Å²) in [5.74, 6) is 0. The first-order valence-corrected chi connectivity index (χ1v) is 6.61. The van der Waals surface area contributed by atoms with E-state index >= 15 is 0 Å². The summed E-state index contributed by atoms with van der Waals surface area (Å²) in [5, 5.41) is 8.16. The van der Waals surface area contributed by atoms with Crippen LogP contribution in [0, 0.1) is 11.3 Å². The Morgan fingerprint density at radius 3 is 3.06 bits per heavy atom. The van der Waals surface area contributed by atoms with Gasteiger partial charge in [0.2, 0.25) is 0 Å². The summed E-state index contributed by atoms with van der Waals surface area (Å²) in [6.45, 7) is 1.62. The third-order valence-electron chi connectivity index (χ3n) is 2.07. The van der Waals surface area contributed by atoms with Crippen molar-refractivity contribution in [1.29, 1.82) is 5.26 Å². The van der Waals surface area contributed by atoms with Crippen LogP contribution in [0.1, 0.15) is 6.92 Å². The van der Waals surface area contributed by atoms with Crippen LogP contribution in [0.3, 0.4) is 0 Å². The highest BCUT2D eigenvalue weighted by molar-refractivity contribution is 7.88. The van der Waals surface area contributed by atoms with E-state index in [0.717, 1.165) is 10.2 Å². The topological polar surface area (TPSA) is 79.8 Å². The predicted octanol–water partition coefficient (Wildman–Crippen LogP) is 1.90. The fourth-order valence-electron chi connectivity index (χ4n) is 1.21. The molecule has 4 nitrogen and oxygen atoms in total. The SMILES string of the molecule is CC(C#N)S(=O)c1nc2ccc(N)cc2s1. The Morgan fingerprint density at radius 2 is 2.38 bits per heavy atom. The molecule has 2 unspecified atom stereocenters. The standard InChI is InChI=1S/C10H9N3OS2/c1-6(5-11)16(14)10-13-8-3-2-7(12)4-9(8)15-10/h2-4,6H,12H2,1H3. The summed E-state index contributed by atoms with van der Waals surface area (Å²) in [4.78, 5) is 4.23. The van der Waals surface area contributed by atoms with E-state index in [1.165, 1.54) is 11.3 Å². The molecule has 0 aliphatic rings. The number of rotatable bonds is 2. The lowest BCUT2D eigenvalue weighted by molar-refractivity contribution is 0.679. The third-order valence-corrected chi connectivity index (χ3v) is 4.81. The van der Waals surface area contributed by atoms with Crippen molar-refractivity contribution in [2.45, 2.75) is 16.5 Å². The van der Waals surface area contributed by atoms with Gasteiger partial charge in [0.1, 0.15) is 5.25 Å². The van der Waals surface area contributed by atoms with E-state index in [1.54, 1.807) is 25.1 Å². The van der Waals surface area contributed by atoms with Crippen molar-refractivity contribution in [3.05, 3.63) is 18.2 Å². The van der Waals surface area contributed by atoms with Gasteiger partial charge >= 0.3 is 0 Å². The van der Waals surface area contributed by atoms with Gasteiger partial charge in [-0.25, -0.2) is 4.98 Å². The second-order valence-corrected chi connectivity index (χ2v) is 6.25. The number of benzene rings is 1. The van der Waals surface area contributed by atoms with Gasteiger partial charge in [-0.05, 0) is 25.1 Å². The molecule has 1 aromatic carbocycles. The molecule has 2 N–H and O–H groups in total. The Kier molecular flexibility index (Phi) is 2.90. The van der Waals surface area contributed by atoms with Crippen molar-refractivity contribution < 1.29 is 4.21 Å². The Morgan fingerprint density at radius 1 is 1.62 bits per heavy atom. The molecule has 0 saturated heterocycles. The Balaban J connectivity index is 2.48. The van der Waals surface area contributed by atoms with E-state index in [0.29, 0.717) is 10.0 Å². The number of nitrogen functional groups attached to an aromatic ring is 1. The van der Waals surface area contributed by atoms with Crippen LogP contribution in [-0.2, 0) is 10.8 Å². The maximum atomic E-state index is 11.8. The minimum Gasteiger partial charge on any atom is -0.399 e. The first-order chi connectivity index (χ1) is 7.61. The summed E-state index contributed by atoms with van der Waals surface area (Å²) in [5.41, 5.74) is 7.07. The Labute approximate surface area is 99.2 Å². The van der Waals surface area contributed by atoms with Gasteiger partial charge in [-0.15, -0.1) is 11.3 Å². The highest BCUT2D eigenvalue weighted by Crippen LogP contribution is 2.27. The van der Waals surface area contributed by atoms with E-state index in [4.69, 9.17) is 11.0 Å². The van der Waals surface area contributed by atoms with E-state index < -0.39 is 16.0 Å². The summed E-state index contributed by atoms with van der Waals surface area (Å²) in [6.07, 6.45) is 0. The van der Waals surface area contributed by atoms with E-state index in [1.807, 2.05) is 6.07 Å². The highest BCUT2D eigenvalue weighted by atomic mass is 32.2. The van der Waals surface area contributed by atoms with Gasteiger partial charge in [-0.3, -0.25) is 4.21 Å². The van der Waals surface area contributed by atoms with Crippen LogP contribution in [0.4, 0.5) is 5.69 Å². The molecule has 82 valence electrons. The third kappa shape index (κ3) is 1.92. The molecule has 6 heteroatoms. The first-order valence-electron chi connectivity index (χ1n) is 4.58. The van der Waals surface area contributed by atoms with Gasteiger partial charge in [-0.1, -0.05) is 0 Å². The van der Waals surface area contributed by atoms with Crippen molar-refractivity contribution in [3.8, 4) is 6.07 Å². The lowest BCUT2D eigenvalue weighted by Gasteiger charge is -1.96. The molecule has 0 spiro atoms. The maximum Gasteiger partial charge on any atom is 0.183 e. The zero-order valence-electron chi connectivity index (χ0n) is 8.51. The number of thiazole rings is 1. The van der Waals surface area contributed by atoms with Crippen LogP contribution in [0.25, 0.3) is 10.2 Å². The van der Waals surface area contributed by atoms with Gasteiger partial charge in [-0.2, -0.15) is 5.26 Å². The fourth-order valence-corrected chi connectivity index (χ4v) is 3.57. The van der Waals surface area contributed by atoms with Gasteiger partial charge in [0.05, 0.1) is 27.1 Å². The Bertz CT molecular complexity index is 600. The van der Waals surface area contributed by atoms with Crippen molar-refractivity contribution >= 4 is 38.0 Å². The first kappa shape index (κ1) is 11.0. The molecule has 0 fully saturated rings. The second kappa shape index (κ2) is 4.20. The molecule has 16 heavy (non-hydrogen) atoms. The highest BCUT2D eigenvalue weighted by Gasteiger charge is 2.16. The number of fused-ring (bicyclic) bond motifs is 1. The van der Waals surface area contributed by atoms with Crippen LogP contribution >= 0.6 is 11.3 Å². The van der Waals surface area contributed by atoms with Crippen molar-refractivity contribution in [2.24, 2.45) is 0 Å². The predicted molar refractivity (Wildman–Crippen MR) is 65.5 cm³/mol. The molecule has 0 bridgehead atoms. The smallest absolute Gasteiger partial charge is 0.183 e. The number of hydrogen-bond donors (Lipinski definition) is 1. The van der Waals surface area contributed by atoms with Crippen molar-refractivity contribution in [3.63, 3.8) is 0 Å². The molecule has 0 aliphatic carbocycles. The van der Waals surface area contributed by atoms with Gasteiger partial charge in [0, 0.05) is 5.69 Å². The maximum absolute atomic E-state index is 11.8. The van der Waals surface area contributed by atoms with E-state index in [-0.39, 0.29) is 0 Å². The quantitative estimate of drug-likeness (QED) is 0.827. The van der Waals surface area contributed by atoms with Crippen LogP contribution < -0.4 is 5.73 Å². The number of aromatic nitrogens is 1. The number of nitrogens with zero attached hydrogens (tertiary/aromatic N) is 2. The number of hydrogen-bond acceptors (Lipinski definition) is 5. The molecular weight excluding hydrogens is 242 g/mol. The molecular formula is C10H9N3OS2. The lowest BCUT2D eigenvalue weighted by atomic mass is 10.3. The molecule has 2 aromatic rings. The van der Waals surface area contributed by atoms with E-state index in [9.17, 15) is 4.21 Å². The average Bonchev–Trinajstić information content (AvgIpc) is 2.69. The normalized spacial score (nSPS) is 14.5. The molecule has 0 radical (unpaired) electrons. The molecule has 2 atom stereocenters. The van der Waals surface area contributed by atoms with E-state index in [2.05, 4.69) is 4.98 Å². The number of nitriles is 1. The Hall–Kier alpha value is -1.45. The van der Waals surface area contributed by atoms with Gasteiger partial charge < -0.3 is 5.73 Å². The van der Waals surface area contributed by atoms with Gasteiger partial charge in [0.25, 0.3) is 0 Å². The van der Waals surface area contributed by atoms with Crippen LogP contribution in [0.5, 0.6) is 0 Å². The average molecular weight is 251 g/mol. The number of nitrogens with two attached hydrogens (primary N) is 1. The summed E-state index contributed by atoms with van der Waals surface area (Å²) >= 11 is 1.32. The van der Waals surface area contributed by atoms with Gasteiger partial charge in [0.15, 0.2) is 4.34 Å². The zero-order valence-corrected chi connectivity index (χ0v) is 10.1. The second-order valence-electron chi connectivity index (χ2n) is 3.28. The molecule has 0 amide bonds. The zero-order chi connectivity index (χ0) is 11.7. The largest absolute Gasteiger partial charge is 0.399 e. The monoisotopic (exact) mass is 251 g/mol. The van der Waals surface area contributed by atoms with Crippen molar-refractivity contribution in [1.82, 2.24) is 4.98 Å². The lowest BCUT2D eigenvalue weighted by Crippen LogP contribution is -2.07. The molecule has 0 saturated carbocycles. The summed E-state index contributed by atoms with van der Waals surface area (Å²) in [6, 6.07) is 7.30. The fraction of sp³-hybridized carbons (Fsp3) is 0.200. The van der Waals surface area contributed by atoms with Crippen LogP contribution in [0.2, 0.25) is 0 Å². The molecule has 0 aliphatic heterocycles. The molecule has 1 heterocycles. The van der Waals surface area contributed by atoms with Crippen LogP contribution in [0.15, 0.2) is 22.5 Å². The summed E-state index contributed by atoms with van der Waals surface area (Å²) in [7, 11) is -1.36. The molecule has 1 aromatic heterocycles. The molecule has 2 rings (SSSR count). The van der Waals surface area contributed by atoms with Crippen molar-refractivity contribution in [2.75, 3.05) is 5.73 Å².